The Morgan fingerprint density at radius 3 is 0.759 bits per heavy atom. The van der Waals surface area contributed by atoms with E-state index in [1.54, 1.807) is 0 Å². The number of ether oxygens (including phenoxy) is 3. The zero-order valence-corrected chi connectivity index (χ0v) is 54.2. The van der Waals surface area contributed by atoms with Gasteiger partial charge in [-0.1, -0.05) is 296 Å². The predicted molar refractivity (Wildman–Crippen MR) is 362 cm³/mol. The van der Waals surface area contributed by atoms with Gasteiger partial charge in [0.2, 0.25) is 0 Å². The number of carbonyl (C=O) groups excluding carboxylic acids is 3. The average molecular weight is 1150 g/mol. The Morgan fingerprint density at radius 2 is 0.470 bits per heavy atom. The van der Waals surface area contributed by atoms with Gasteiger partial charge in [-0.2, -0.15) is 0 Å². The number of rotatable bonds is 62. The van der Waals surface area contributed by atoms with Gasteiger partial charge in [0.25, 0.3) is 0 Å². The molecule has 83 heavy (non-hydrogen) atoms. The molecule has 0 aromatic carbocycles. The van der Waals surface area contributed by atoms with Crippen molar-refractivity contribution in [3.63, 3.8) is 0 Å². The van der Waals surface area contributed by atoms with Crippen molar-refractivity contribution in [1.29, 1.82) is 0 Å². The summed E-state index contributed by atoms with van der Waals surface area (Å²) in [6.07, 6.45) is 99.2. The molecule has 0 fully saturated rings. The Balaban J connectivity index is 4.26. The van der Waals surface area contributed by atoms with Gasteiger partial charge in [0, 0.05) is 19.3 Å². The van der Waals surface area contributed by atoms with Gasteiger partial charge in [-0.25, -0.2) is 0 Å². The topological polar surface area (TPSA) is 78.9 Å². The van der Waals surface area contributed by atoms with Crippen LogP contribution in [0.3, 0.4) is 0 Å². The summed E-state index contributed by atoms with van der Waals surface area (Å²) >= 11 is 0. The van der Waals surface area contributed by atoms with E-state index in [4.69, 9.17) is 14.2 Å². The first kappa shape index (κ1) is 78.5. The van der Waals surface area contributed by atoms with Gasteiger partial charge in [-0.3, -0.25) is 14.4 Å². The van der Waals surface area contributed by atoms with Gasteiger partial charge >= 0.3 is 17.9 Å². The van der Waals surface area contributed by atoms with Crippen molar-refractivity contribution < 1.29 is 28.6 Å². The maximum Gasteiger partial charge on any atom is 0.306 e. The molecule has 0 N–H and O–H groups in total. The molecule has 6 heteroatoms. The van der Waals surface area contributed by atoms with Crippen LogP contribution in [0.4, 0.5) is 0 Å². The highest BCUT2D eigenvalue weighted by Crippen LogP contribution is 2.17. The predicted octanol–water partition coefficient (Wildman–Crippen LogP) is 24.1. The maximum atomic E-state index is 12.9. The van der Waals surface area contributed by atoms with Crippen molar-refractivity contribution in [2.24, 2.45) is 0 Å². The zero-order valence-electron chi connectivity index (χ0n) is 54.2. The van der Waals surface area contributed by atoms with E-state index in [2.05, 4.69) is 154 Å². The van der Waals surface area contributed by atoms with E-state index in [-0.39, 0.29) is 37.5 Å². The number of hydrogen-bond donors (Lipinski definition) is 0. The Kier molecular flexibility index (Phi) is 66.3. The van der Waals surface area contributed by atoms with Crippen LogP contribution >= 0.6 is 0 Å². The number of carbonyl (C=O) groups is 3. The standard InChI is InChI=1S/C77H128O6/c1-4-7-10-13-16-19-22-25-28-30-31-32-33-34-35-36-37-38-39-40-41-42-43-44-45-47-49-52-55-58-61-64-67-70-76(79)82-73-74(72-81-75(78)69-66-63-60-57-54-51-48-27-24-21-18-15-12-9-6-3)83-77(80)71-68-65-62-59-56-53-50-46-29-26-23-20-17-14-11-8-5-2/h8-9,11-12,17-18,20-22,25-27,29-31,33-34,48,50,53-54,57,74H,4-7,10,13-16,19,23-24,28,32,35-47,49,51-52,55-56,58-73H2,1-3H3/b11-8-,12-9-,20-17-,21-18-,25-22-,29-26-,31-30-,34-33-,48-27-,53-50-,57-54-. The normalized spacial score (nSPS) is 13.0. The van der Waals surface area contributed by atoms with Gasteiger partial charge in [-0.15, -0.1) is 0 Å². The number of esters is 3. The molecule has 0 heterocycles. The van der Waals surface area contributed by atoms with Crippen LogP contribution < -0.4 is 0 Å². The second kappa shape index (κ2) is 70.0. The van der Waals surface area contributed by atoms with Crippen LogP contribution in [0, 0.1) is 0 Å². The molecule has 0 rings (SSSR count). The highest BCUT2D eigenvalue weighted by atomic mass is 16.6. The molecular weight excluding hydrogens is 1020 g/mol. The molecule has 0 aliphatic carbocycles. The average Bonchev–Trinajstić information content (AvgIpc) is 3.49. The smallest absolute Gasteiger partial charge is 0.306 e. The van der Waals surface area contributed by atoms with Gasteiger partial charge in [0.15, 0.2) is 6.10 Å². The fraction of sp³-hybridized carbons (Fsp3) is 0.675. The molecule has 1 atom stereocenters. The Hall–Kier alpha value is -4.45. The lowest BCUT2D eigenvalue weighted by Crippen LogP contribution is -2.30. The van der Waals surface area contributed by atoms with Gasteiger partial charge < -0.3 is 14.2 Å². The summed E-state index contributed by atoms with van der Waals surface area (Å²) in [5.41, 5.74) is 0. The first-order valence-corrected chi connectivity index (χ1v) is 34.7. The van der Waals surface area contributed by atoms with E-state index < -0.39 is 6.10 Å². The summed E-state index contributed by atoms with van der Waals surface area (Å²) < 4.78 is 16.9. The van der Waals surface area contributed by atoms with Crippen molar-refractivity contribution in [1.82, 2.24) is 0 Å². The summed E-state index contributed by atoms with van der Waals surface area (Å²) in [7, 11) is 0. The third kappa shape index (κ3) is 68.2. The minimum atomic E-state index is -0.813. The molecule has 0 radical (unpaired) electrons. The molecule has 472 valence electrons. The molecule has 0 spiro atoms. The van der Waals surface area contributed by atoms with E-state index in [1.807, 2.05) is 0 Å². The Labute approximate surface area is 513 Å². The highest BCUT2D eigenvalue weighted by Gasteiger charge is 2.19. The van der Waals surface area contributed by atoms with E-state index in [0.29, 0.717) is 12.8 Å². The maximum absolute atomic E-state index is 12.9. The van der Waals surface area contributed by atoms with E-state index >= 15 is 0 Å². The minimum Gasteiger partial charge on any atom is -0.462 e. The third-order valence-electron chi connectivity index (χ3n) is 14.6. The van der Waals surface area contributed by atoms with Gasteiger partial charge in [0.05, 0.1) is 0 Å². The molecule has 0 aromatic rings. The SMILES string of the molecule is CC/C=C\C/C=C\C/C=C\C/C=C\CCCCCCC(=O)OC(COC(=O)CCCC/C=C\C/C=C\C/C=C\C/C=C\CC)COC(=O)CCCCCCCCCCCCCCCCCCCC/C=C\C/C=C\C/C=C\CCCCCCC. The van der Waals surface area contributed by atoms with Crippen LogP contribution in [-0.4, -0.2) is 37.2 Å². The molecule has 0 aliphatic heterocycles. The van der Waals surface area contributed by atoms with E-state index in [9.17, 15) is 14.4 Å². The lowest BCUT2D eigenvalue weighted by molar-refractivity contribution is -0.167. The number of allylic oxidation sites excluding steroid dienone is 22. The van der Waals surface area contributed by atoms with Crippen LogP contribution in [-0.2, 0) is 28.6 Å². The van der Waals surface area contributed by atoms with E-state index in [0.717, 1.165) is 135 Å². The van der Waals surface area contributed by atoms with Crippen molar-refractivity contribution >= 4 is 17.9 Å². The fourth-order valence-corrected chi connectivity index (χ4v) is 9.49. The Bertz CT molecular complexity index is 1750. The lowest BCUT2D eigenvalue weighted by Gasteiger charge is -2.18. The molecular formula is C77H128O6. The van der Waals surface area contributed by atoms with Crippen LogP contribution in [0.25, 0.3) is 0 Å². The minimum absolute atomic E-state index is 0.103. The molecule has 0 bridgehead atoms. The second-order valence-electron chi connectivity index (χ2n) is 22.7. The molecule has 0 saturated carbocycles. The molecule has 0 amide bonds. The fourth-order valence-electron chi connectivity index (χ4n) is 9.49. The van der Waals surface area contributed by atoms with Crippen LogP contribution in [0.5, 0.6) is 0 Å². The molecule has 1 unspecified atom stereocenters. The molecule has 0 saturated heterocycles. The van der Waals surface area contributed by atoms with Gasteiger partial charge in [-0.05, 0) is 135 Å². The summed E-state index contributed by atoms with van der Waals surface area (Å²) in [6.45, 7) is 6.36. The van der Waals surface area contributed by atoms with Gasteiger partial charge in [0.1, 0.15) is 13.2 Å². The summed E-state index contributed by atoms with van der Waals surface area (Å²) in [6, 6.07) is 0. The summed E-state index contributed by atoms with van der Waals surface area (Å²) in [4.78, 5) is 38.4. The largest absolute Gasteiger partial charge is 0.462 e. The number of hydrogen-bond acceptors (Lipinski definition) is 6. The first-order chi connectivity index (χ1) is 41.0. The van der Waals surface area contributed by atoms with Crippen LogP contribution in [0.15, 0.2) is 134 Å². The summed E-state index contributed by atoms with van der Waals surface area (Å²) in [5.74, 6) is -0.965. The van der Waals surface area contributed by atoms with E-state index in [1.165, 1.54) is 141 Å². The zero-order chi connectivity index (χ0) is 59.9. The molecule has 6 nitrogen and oxygen atoms in total. The second-order valence-corrected chi connectivity index (χ2v) is 22.7. The van der Waals surface area contributed by atoms with Crippen molar-refractivity contribution in [2.45, 2.75) is 322 Å². The van der Waals surface area contributed by atoms with Crippen molar-refractivity contribution in [3.05, 3.63) is 134 Å². The van der Waals surface area contributed by atoms with Crippen LogP contribution in [0.2, 0.25) is 0 Å². The lowest BCUT2D eigenvalue weighted by atomic mass is 10.0. The van der Waals surface area contributed by atoms with Crippen molar-refractivity contribution in [2.75, 3.05) is 13.2 Å². The Morgan fingerprint density at radius 1 is 0.253 bits per heavy atom. The molecule has 0 aromatic heterocycles. The number of unbranched alkanes of at least 4 members (excludes halogenated alkanes) is 29. The first-order valence-electron chi connectivity index (χ1n) is 34.7. The highest BCUT2D eigenvalue weighted by molar-refractivity contribution is 5.71. The molecule has 0 aliphatic rings. The quantitative estimate of drug-likeness (QED) is 0.0261. The van der Waals surface area contributed by atoms with Crippen LogP contribution in [0.1, 0.15) is 316 Å². The van der Waals surface area contributed by atoms with Crippen molar-refractivity contribution in [3.8, 4) is 0 Å². The third-order valence-corrected chi connectivity index (χ3v) is 14.6. The monoisotopic (exact) mass is 1150 g/mol. The summed E-state index contributed by atoms with van der Waals surface area (Å²) in [5, 5.41) is 0.